The summed E-state index contributed by atoms with van der Waals surface area (Å²) < 4.78 is 41.1. The lowest BCUT2D eigenvalue weighted by Crippen LogP contribution is -2.33. The molecule has 1 amide bonds. The number of anilines is 2. The van der Waals surface area contributed by atoms with Gasteiger partial charge in [-0.3, -0.25) is 4.79 Å². The van der Waals surface area contributed by atoms with Crippen LogP contribution < -0.4 is 21.7 Å². The van der Waals surface area contributed by atoms with Gasteiger partial charge in [0, 0.05) is 36.8 Å². The third-order valence-electron chi connectivity index (χ3n) is 7.40. The summed E-state index contributed by atoms with van der Waals surface area (Å²) in [5.74, 6) is 0.498. The zero-order valence-corrected chi connectivity index (χ0v) is 23.5. The maximum Gasteiger partial charge on any atom is 0.416 e. The summed E-state index contributed by atoms with van der Waals surface area (Å²) >= 11 is 0. The zero-order chi connectivity index (χ0) is 26.7. The second kappa shape index (κ2) is 13.7. The number of alkyl halides is 3. The van der Waals surface area contributed by atoms with Crippen LogP contribution in [0, 0.1) is 0 Å². The number of amides is 1. The van der Waals surface area contributed by atoms with E-state index in [9.17, 15) is 18.0 Å². The average molecular weight is 604 g/mol. The van der Waals surface area contributed by atoms with E-state index in [0.717, 1.165) is 56.3 Å². The van der Waals surface area contributed by atoms with Crippen molar-refractivity contribution in [3.8, 4) is 0 Å². The Labute approximate surface area is 243 Å². The molecule has 2 heterocycles. The van der Waals surface area contributed by atoms with E-state index in [1.54, 1.807) is 0 Å². The van der Waals surface area contributed by atoms with Crippen molar-refractivity contribution < 1.29 is 18.0 Å². The number of rotatable bonds is 8. The van der Waals surface area contributed by atoms with Crippen LogP contribution in [0.5, 0.6) is 0 Å². The van der Waals surface area contributed by atoms with Gasteiger partial charge in [0.25, 0.3) is 5.91 Å². The molecule has 40 heavy (non-hydrogen) atoms. The number of benzene rings is 1. The Morgan fingerprint density at radius 1 is 1.02 bits per heavy atom. The van der Waals surface area contributed by atoms with Gasteiger partial charge in [0.05, 0.1) is 11.9 Å². The number of aromatic nitrogens is 4. The zero-order valence-electron chi connectivity index (χ0n) is 21.9. The summed E-state index contributed by atoms with van der Waals surface area (Å²) in [6.45, 7) is 0.498. The average Bonchev–Trinajstić information content (AvgIpc) is 3.57. The van der Waals surface area contributed by atoms with E-state index in [-0.39, 0.29) is 49.0 Å². The van der Waals surface area contributed by atoms with Crippen molar-refractivity contribution in [2.75, 3.05) is 23.7 Å². The predicted octanol–water partition coefficient (Wildman–Crippen LogP) is 5.33. The Kier molecular flexibility index (Phi) is 10.8. The van der Waals surface area contributed by atoms with Crippen molar-refractivity contribution in [3.63, 3.8) is 0 Å². The van der Waals surface area contributed by atoms with Gasteiger partial charge in [-0.1, -0.05) is 18.9 Å². The molecule has 3 aromatic rings. The van der Waals surface area contributed by atoms with Crippen LogP contribution in [0.4, 0.5) is 24.9 Å². The molecule has 0 spiro atoms. The molecule has 1 aromatic carbocycles. The van der Waals surface area contributed by atoms with Crippen LogP contribution in [-0.2, 0) is 6.18 Å². The minimum atomic E-state index is -4.51. The number of carbonyl (C=O) groups is 1. The number of nitrogens with zero attached hydrogens (tertiary/aromatic N) is 4. The van der Waals surface area contributed by atoms with Crippen LogP contribution in [0.25, 0.3) is 11.2 Å². The molecule has 2 fully saturated rings. The van der Waals surface area contributed by atoms with Gasteiger partial charge in [-0.05, 0) is 56.7 Å². The Morgan fingerprint density at radius 2 is 1.75 bits per heavy atom. The number of imidazole rings is 1. The van der Waals surface area contributed by atoms with Gasteiger partial charge < -0.3 is 26.3 Å². The number of nitrogens with two attached hydrogens (primary N) is 1. The molecule has 2 aromatic heterocycles. The van der Waals surface area contributed by atoms with E-state index >= 15 is 0 Å². The van der Waals surface area contributed by atoms with Gasteiger partial charge in [0.15, 0.2) is 17.0 Å². The quantitative estimate of drug-likeness (QED) is 0.257. The van der Waals surface area contributed by atoms with Gasteiger partial charge >= 0.3 is 6.18 Å². The van der Waals surface area contributed by atoms with Crippen molar-refractivity contribution in [2.45, 2.75) is 75.7 Å². The lowest BCUT2D eigenvalue weighted by atomic mass is 9.92. The number of hydrogen-bond acceptors (Lipinski definition) is 7. The molecule has 0 saturated heterocycles. The highest BCUT2D eigenvalue weighted by Gasteiger charge is 2.31. The van der Waals surface area contributed by atoms with E-state index in [1.165, 1.54) is 25.0 Å². The lowest BCUT2D eigenvalue weighted by Gasteiger charge is -2.27. The van der Waals surface area contributed by atoms with Gasteiger partial charge in [0.1, 0.15) is 0 Å². The molecular formula is C26H35Cl2F3N8O. The third kappa shape index (κ3) is 7.46. The Hall–Kier alpha value is -2.83. The number of halogens is 5. The monoisotopic (exact) mass is 602 g/mol. The normalized spacial score (nSPS) is 19.5. The number of fused-ring (bicyclic) bond motifs is 1. The van der Waals surface area contributed by atoms with Crippen LogP contribution in [0.15, 0.2) is 30.6 Å². The van der Waals surface area contributed by atoms with Crippen molar-refractivity contribution in [3.05, 3.63) is 41.7 Å². The largest absolute Gasteiger partial charge is 0.416 e. The highest BCUT2D eigenvalue weighted by atomic mass is 35.5. The van der Waals surface area contributed by atoms with E-state index in [2.05, 4.69) is 30.5 Å². The molecule has 14 heteroatoms. The first-order chi connectivity index (χ1) is 18.3. The van der Waals surface area contributed by atoms with Crippen LogP contribution in [0.3, 0.4) is 0 Å². The smallest absolute Gasteiger partial charge is 0.366 e. The maximum absolute atomic E-state index is 13.0. The summed E-state index contributed by atoms with van der Waals surface area (Å²) in [5, 5.41) is 9.37. The second-order valence-electron chi connectivity index (χ2n) is 10.2. The summed E-state index contributed by atoms with van der Waals surface area (Å²) in [4.78, 5) is 26.5. The molecule has 0 aliphatic heterocycles. The molecule has 2 saturated carbocycles. The summed E-state index contributed by atoms with van der Waals surface area (Å²) in [7, 11) is 0. The summed E-state index contributed by atoms with van der Waals surface area (Å²) in [5.41, 5.74) is 6.57. The van der Waals surface area contributed by atoms with Crippen LogP contribution in [-0.4, -0.2) is 50.6 Å². The van der Waals surface area contributed by atoms with E-state index in [0.29, 0.717) is 29.9 Å². The van der Waals surface area contributed by atoms with Crippen LogP contribution in [0.2, 0.25) is 0 Å². The number of hydrogen-bond donors (Lipinski definition) is 4. The predicted molar refractivity (Wildman–Crippen MR) is 153 cm³/mol. The van der Waals surface area contributed by atoms with E-state index < -0.39 is 17.6 Å². The van der Waals surface area contributed by atoms with Crippen molar-refractivity contribution in [2.24, 2.45) is 5.73 Å². The molecular weight excluding hydrogens is 568 g/mol. The van der Waals surface area contributed by atoms with E-state index in [1.807, 2.05) is 6.33 Å². The summed E-state index contributed by atoms with van der Waals surface area (Å²) in [6.07, 6.45) is 5.66. The highest BCUT2D eigenvalue weighted by molar-refractivity contribution is 5.94. The van der Waals surface area contributed by atoms with Gasteiger partial charge in [-0.25, -0.2) is 4.98 Å². The first-order valence-corrected chi connectivity index (χ1v) is 13.2. The van der Waals surface area contributed by atoms with Crippen molar-refractivity contribution in [1.82, 2.24) is 24.8 Å². The van der Waals surface area contributed by atoms with Crippen LogP contribution in [0.1, 0.15) is 73.3 Å². The molecule has 5 N–H and O–H groups in total. The Morgan fingerprint density at radius 3 is 2.45 bits per heavy atom. The fraction of sp³-hybridized carbons (Fsp3) is 0.538. The molecule has 0 unspecified atom stereocenters. The fourth-order valence-electron chi connectivity index (χ4n) is 5.30. The maximum atomic E-state index is 13.0. The summed E-state index contributed by atoms with van der Waals surface area (Å²) in [6, 6.07) is 5.22. The first-order valence-electron chi connectivity index (χ1n) is 13.2. The van der Waals surface area contributed by atoms with Crippen LogP contribution >= 0.6 is 24.8 Å². The number of carbonyl (C=O) groups excluding carboxylic acids is 1. The molecule has 9 nitrogen and oxygen atoms in total. The number of nitrogens with one attached hydrogen (secondary N) is 3. The van der Waals surface area contributed by atoms with Crippen molar-refractivity contribution in [1.29, 1.82) is 0 Å². The minimum Gasteiger partial charge on any atom is -0.366 e. The SMILES string of the molecule is Cl.Cl.NC1CCC(Nc2nc(NCCNC(=O)c3cccc(C(F)(F)F)c3)c3ncn(C4CCCC4)c3n2)CC1. The topological polar surface area (TPSA) is 123 Å². The molecule has 2 aliphatic carbocycles. The highest BCUT2D eigenvalue weighted by Crippen LogP contribution is 2.33. The first kappa shape index (κ1) is 31.7. The molecule has 5 rings (SSSR count). The third-order valence-corrected chi connectivity index (χ3v) is 7.40. The van der Waals surface area contributed by atoms with Crippen molar-refractivity contribution >= 4 is 53.7 Å². The Balaban J connectivity index is 0.00000220. The van der Waals surface area contributed by atoms with Gasteiger partial charge in [-0.2, -0.15) is 23.1 Å². The Bertz CT molecular complexity index is 1270. The second-order valence-corrected chi connectivity index (χ2v) is 10.2. The molecule has 0 radical (unpaired) electrons. The molecule has 0 bridgehead atoms. The molecule has 2 aliphatic rings. The lowest BCUT2D eigenvalue weighted by molar-refractivity contribution is -0.137. The van der Waals surface area contributed by atoms with Gasteiger partial charge in [-0.15, -0.1) is 24.8 Å². The molecule has 0 atom stereocenters. The van der Waals surface area contributed by atoms with E-state index in [4.69, 9.17) is 10.7 Å². The standard InChI is InChI=1S/C26H33F3N8O.2ClH/c27-26(28,29)17-5-3-4-16(14-17)24(38)32-13-12-31-22-21-23(37(15-33-21)20-6-1-2-7-20)36-25(35-22)34-19-10-8-18(30)9-11-19;;/h3-5,14-15,18-20H,1-2,6-13,30H2,(H,32,38)(H2,31,34,35,36);2*1H. The minimum absolute atomic E-state index is 0. The van der Waals surface area contributed by atoms with Gasteiger partial charge in [0.2, 0.25) is 5.95 Å². The fourth-order valence-corrected chi connectivity index (χ4v) is 5.30. The molecule has 220 valence electrons.